The quantitative estimate of drug-likeness (QED) is 0.710. The van der Waals surface area contributed by atoms with Crippen LogP contribution in [0.25, 0.3) is 0 Å². The molecule has 96 valence electrons. The third-order valence-corrected chi connectivity index (χ3v) is 3.27. The maximum absolute atomic E-state index is 11.9. The van der Waals surface area contributed by atoms with Gasteiger partial charge in [0.2, 0.25) is 5.91 Å². The van der Waals surface area contributed by atoms with Gasteiger partial charge in [0.05, 0.1) is 11.3 Å². The van der Waals surface area contributed by atoms with Crippen LogP contribution in [-0.4, -0.2) is 17.0 Å². The second-order valence-electron chi connectivity index (χ2n) is 4.73. The molecule has 1 aromatic rings. The van der Waals surface area contributed by atoms with Gasteiger partial charge in [-0.15, -0.1) is 0 Å². The zero-order valence-corrected chi connectivity index (χ0v) is 10.1. The average molecular weight is 248 g/mol. The first-order chi connectivity index (χ1) is 8.49. The first kappa shape index (κ1) is 12.4. The number of carbonyl (C=O) groups is 2. The zero-order valence-electron chi connectivity index (χ0n) is 10.1. The lowest BCUT2D eigenvalue weighted by atomic mass is 10.0. The Kier molecular flexibility index (Phi) is 3.23. The molecule has 1 aliphatic carbocycles. The second-order valence-corrected chi connectivity index (χ2v) is 4.73. The van der Waals surface area contributed by atoms with Crippen molar-refractivity contribution in [3.63, 3.8) is 0 Å². The van der Waals surface area contributed by atoms with E-state index in [2.05, 4.69) is 5.32 Å². The van der Waals surface area contributed by atoms with Crippen LogP contribution in [0.3, 0.4) is 0 Å². The van der Waals surface area contributed by atoms with Crippen LogP contribution >= 0.6 is 0 Å². The van der Waals surface area contributed by atoms with Gasteiger partial charge in [-0.05, 0) is 37.0 Å². The molecule has 0 aromatic heterocycles. The summed E-state index contributed by atoms with van der Waals surface area (Å²) in [6.07, 6.45) is 2.13. The van der Waals surface area contributed by atoms with E-state index in [4.69, 9.17) is 10.8 Å². The van der Waals surface area contributed by atoms with Crippen molar-refractivity contribution in [3.05, 3.63) is 23.8 Å². The van der Waals surface area contributed by atoms with Crippen molar-refractivity contribution in [2.75, 3.05) is 11.1 Å². The van der Waals surface area contributed by atoms with E-state index in [1.165, 1.54) is 18.2 Å². The van der Waals surface area contributed by atoms with Crippen molar-refractivity contribution in [2.24, 2.45) is 11.8 Å². The van der Waals surface area contributed by atoms with Crippen LogP contribution in [0.5, 0.6) is 0 Å². The van der Waals surface area contributed by atoms with Gasteiger partial charge < -0.3 is 16.2 Å². The summed E-state index contributed by atoms with van der Waals surface area (Å²) in [4.78, 5) is 23.0. The minimum absolute atomic E-state index is 0.0561. The summed E-state index contributed by atoms with van der Waals surface area (Å²) in [5.74, 6) is -0.887. The van der Waals surface area contributed by atoms with E-state index in [-0.39, 0.29) is 23.1 Å². The third kappa shape index (κ3) is 2.61. The monoisotopic (exact) mass is 248 g/mol. The van der Waals surface area contributed by atoms with Crippen molar-refractivity contribution in [1.82, 2.24) is 0 Å². The third-order valence-electron chi connectivity index (χ3n) is 3.27. The predicted octanol–water partition coefficient (Wildman–Crippen LogP) is 1.95. The Balaban J connectivity index is 2.18. The molecule has 0 bridgehead atoms. The Morgan fingerprint density at radius 2 is 2.11 bits per heavy atom. The van der Waals surface area contributed by atoms with Gasteiger partial charge >= 0.3 is 5.97 Å². The van der Waals surface area contributed by atoms with Crippen molar-refractivity contribution in [2.45, 2.75) is 19.8 Å². The van der Waals surface area contributed by atoms with Gasteiger partial charge in [-0.25, -0.2) is 4.79 Å². The number of nitrogens with two attached hydrogens (primary N) is 1. The Hall–Kier alpha value is -2.04. The molecule has 18 heavy (non-hydrogen) atoms. The summed E-state index contributed by atoms with van der Waals surface area (Å²) in [7, 11) is 0. The number of benzene rings is 1. The fourth-order valence-electron chi connectivity index (χ4n) is 1.91. The molecule has 1 aliphatic rings. The van der Waals surface area contributed by atoms with Crippen LogP contribution in [0.15, 0.2) is 18.2 Å². The first-order valence-electron chi connectivity index (χ1n) is 5.92. The maximum Gasteiger partial charge on any atom is 0.337 e. The fraction of sp³-hybridized carbons (Fsp3) is 0.385. The standard InChI is InChI=1S/C13H16N2O3/c1-7(8-2-3-8)12(16)15-11-6-9(14)4-5-10(11)13(17)18/h4-8H,2-3,14H2,1H3,(H,15,16)(H,17,18). The highest BCUT2D eigenvalue weighted by atomic mass is 16.4. The number of anilines is 2. The number of hydrogen-bond acceptors (Lipinski definition) is 3. The van der Waals surface area contributed by atoms with Crippen molar-refractivity contribution in [3.8, 4) is 0 Å². The number of carboxylic acid groups (broad SMARTS) is 1. The van der Waals surface area contributed by atoms with Gasteiger partial charge in [0.15, 0.2) is 0 Å². The molecule has 1 amide bonds. The van der Waals surface area contributed by atoms with Crippen LogP contribution in [0, 0.1) is 11.8 Å². The summed E-state index contributed by atoms with van der Waals surface area (Å²) in [5.41, 5.74) is 6.35. The topological polar surface area (TPSA) is 92.4 Å². The zero-order chi connectivity index (χ0) is 13.3. The molecule has 2 rings (SSSR count). The van der Waals surface area contributed by atoms with Gasteiger partial charge in [0.1, 0.15) is 0 Å². The number of hydrogen-bond donors (Lipinski definition) is 3. The van der Waals surface area contributed by atoms with E-state index in [0.29, 0.717) is 11.6 Å². The summed E-state index contributed by atoms with van der Waals surface area (Å²) in [6, 6.07) is 4.37. The Morgan fingerprint density at radius 3 is 2.67 bits per heavy atom. The number of nitrogens with one attached hydrogen (secondary N) is 1. The van der Waals surface area contributed by atoms with Crippen LogP contribution in [0.1, 0.15) is 30.1 Å². The molecule has 0 radical (unpaired) electrons. The summed E-state index contributed by atoms with van der Waals surface area (Å²) in [6.45, 7) is 1.86. The Bertz CT molecular complexity index is 495. The van der Waals surface area contributed by atoms with Crippen molar-refractivity contribution >= 4 is 23.3 Å². The molecule has 1 saturated carbocycles. The van der Waals surface area contributed by atoms with E-state index in [1.807, 2.05) is 6.92 Å². The Morgan fingerprint density at radius 1 is 1.44 bits per heavy atom. The second kappa shape index (κ2) is 4.68. The normalized spacial score (nSPS) is 16.1. The molecule has 0 spiro atoms. The lowest BCUT2D eigenvalue weighted by Gasteiger charge is -2.13. The van der Waals surface area contributed by atoms with Crippen LogP contribution in [0.4, 0.5) is 11.4 Å². The van der Waals surface area contributed by atoms with Gasteiger partial charge in [-0.3, -0.25) is 4.79 Å². The maximum atomic E-state index is 11.9. The number of carbonyl (C=O) groups excluding carboxylic acids is 1. The average Bonchev–Trinajstić information content (AvgIpc) is 3.11. The largest absolute Gasteiger partial charge is 0.478 e. The fourth-order valence-corrected chi connectivity index (χ4v) is 1.91. The molecule has 1 unspecified atom stereocenters. The smallest absolute Gasteiger partial charge is 0.337 e. The first-order valence-corrected chi connectivity index (χ1v) is 5.92. The minimum Gasteiger partial charge on any atom is -0.478 e. The number of aromatic carboxylic acids is 1. The highest BCUT2D eigenvalue weighted by Gasteiger charge is 2.32. The minimum atomic E-state index is -1.08. The van der Waals surface area contributed by atoms with E-state index in [0.717, 1.165) is 12.8 Å². The number of nitrogen functional groups attached to an aromatic ring is 1. The van der Waals surface area contributed by atoms with Crippen LogP contribution in [-0.2, 0) is 4.79 Å². The van der Waals surface area contributed by atoms with Gasteiger partial charge in [0, 0.05) is 11.6 Å². The highest BCUT2D eigenvalue weighted by molar-refractivity contribution is 6.01. The van der Waals surface area contributed by atoms with E-state index in [9.17, 15) is 9.59 Å². The lowest BCUT2D eigenvalue weighted by Crippen LogP contribution is -2.23. The highest BCUT2D eigenvalue weighted by Crippen LogP contribution is 2.37. The van der Waals surface area contributed by atoms with E-state index in [1.54, 1.807) is 0 Å². The number of amides is 1. The van der Waals surface area contributed by atoms with Crippen molar-refractivity contribution < 1.29 is 14.7 Å². The van der Waals surface area contributed by atoms with Crippen LogP contribution < -0.4 is 11.1 Å². The lowest BCUT2D eigenvalue weighted by molar-refractivity contribution is -0.119. The molecular formula is C13H16N2O3. The van der Waals surface area contributed by atoms with E-state index < -0.39 is 5.97 Å². The molecular weight excluding hydrogens is 232 g/mol. The van der Waals surface area contributed by atoms with Gasteiger partial charge in [-0.1, -0.05) is 6.92 Å². The predicted molar refractivity (Wildman–Crippen MR) is 68.3 cm³/mol. The molecule has 5 heteroatoms. The molecule has 5 nitrogen and oxygen atoms in total. The molecule has 4 N–H and O–H groups in total. The molecule has 1 atom stereocenters. The number of carboxylic acids is 1. The molecule has 1 aromatic carbocycles. The van der Waals surface area contributed by atoms with Crippen molar-refractivity contribution in [1.29, 1.82) is 0 Å². The SMILES string of the molecule is CC(C(=O)Nc1cc(N)ccc1C(=O)O)C1CC1. The summed E-state index contributed by atoms with van der Waals surface area (Å²) in [5, 5.41) is 11.7. The molecule has 1 fully saturated rings. The molecule has 0 heterocycles. The van der Waals surface area contributed by atoms with Gasteiger partial charge in [0.25, 0.3) is 0 Å². The Labute approximate surface area is 105 Å². The van der Waals surface area contributed by atoms with Gasteiger partial charge in [-0.2, -0.15) is 0 Å². The van der Waals surface area contributed by atoms with Crippen LogP contribution in [0.2, 0.25) is 0 Å². The summed E-state index contributed by atoms with van der Waals surface area (Å²) < 4.78 is 0. The molecule has 0 aliphatic heterocycles. The van der Waals surface area contributed by atoms with E-state index >= 15 is 0 Å². The number of rotatable bonds is 4. The summed E-state index contributed by atoms with van der Waals surface area (Å²) >= 11 is 0. The molecule has 0 saturated heterocycles.